The molecule has 1 aliphatic heterocycles. The molecule has 0 saturated heterocycles. The van der Waals surface area contributed by atoms with Crippen LogP contribution in [0.3, 0.4) is 0 Å². The van der Waals surface area contributed by atoms with Gasteiger partial charge in [-0.15, -0.1) is 0 Å². The van der Waals surface area contributed by atoms with E-state index in [1.165, 1.54) is 31.4 Å². The van der Waals surface area contributed by atoms with Gasteiger partial charge in [0.15, 0.2) is 5.72 Å². The fourth-order valence-corrected chi connectivity index (χ4v) is 3.08. The third-order valence-electron chi connectivity index (χ3n) is 4.67. The Bertz CT molecular complexity index is 910. The molecule has 2 aromatic rings. The number of carbonyl (C=O) groups excluding carboxylic acids is 1. The standard InChI is InChI=1S/C20H19F3N2O3/c1-3-13-8-10-14(11-9-13)19(27)12-17(20(21,22)23)24-25(19)18(26)15-6-4-5-7-16(15)28-2/h4-11,27H,3,12H2,1-2H3. The van der Waals surface area contributed by atoms with E-state index >= 15 is 0 Å². The van der Waals surface area contributed by atoms with Gasteiger partial charge in [-0.3, -0.25) is 4.79 Å². The molecule has 0 aromatic heterocycles. The lowest BCUT2D eigenvalue weighted by Crippen LogP contribution is -2.43. The molecule has 1 aliphatic rings. The minimum absolute atomic E-state index is 0.000720. The summed E-state index contributed by atoms with van der Waals surface area (Å²) < 4.78 is 45.1. The van der Waals surface area contributed by atoms with Gasteiger partial charge in [-0.25, -0.2) is 0 Å². The predicted molar refractivity (Wildman–Crippen MR) is 97.0 cm³/mol. The Hall–Kier alpha value is -2.87. The number of hydrogen-bond acceptors (Lipinski definition) is 4. The Labute approximate surface area is 160 Å². The minimum atomic E-state index is -4.77. The zero-order valence-electron chi connectivity index (χ0n) is 15.3. The maximum atomic E-state index is 13.3. The molecule has 0 bridgehead atoms. The first-order chi connectivity index (χ1) is 13.2. The summed E-state index contributed by atoms with van der Waals surface area (Å²) in [6.45, 7) is 1.93. The fraction of sp³-hybridized carbons (Fsp3) is 0.300. The summed E-state index contributed by atoms with van der Waals surface area (Å²) in [5.74, 6) is -0.717. The van der Waals surface area contributed by atoms with E-state index in [2.05, 4.69) is 5.10 Å². The van der Waals surface area contributed by atoms with E-state index in [0.717, 1.165) is 12.0 Å². The monoisotopic (exact) mass is 392 g/mol. The van der Waals surface area contributed by atoms with Crippen LogP contribution in [0.4, 0.5) is 13.2 Å². The summed E-state index contributed by atoms with van der Waals surface area (Å²) in [6, 6.07) is 12.5. The van der Waals surface area contributed by atoms with E-state index in [9.17, 15) is 23.1 Å². The molecule has 1 atom stereocenters. The van der Waals surface area contributed by atoms with Gasteiger partial charge >= 0.3 is 6.18 Å². The molecule has 2 aromatic carbocycles. The van der Waals surface area contributed by atoms with Crippen LogP contribution in [0.15, 0.2) is 53.6 Å². The Balaban J connectivity index is 2.09. The number of alkyl halides is 3. The van der Waals surface area contributed by atoms with Gasteiger partial charge < -0.3 is 9.84 Å². The molecule has 1 heterocycles. The highest BCUT2D eigenvalue weighted by Gasteiger charge is 2.53. The first kappa shape index (κ1) is 19.9. The van der Waals surface area contributed by atoms with Crippen molar-refractivity contribution in [2.24, 2.45) is 5.10 Å². The van der Waals surface area contributed by atoms with Crippen molar-refractivity contribution in [2.75, 3.05) is 7.11 Å². The van der Waals surface area contributed by atoms with Gasteiger partial charge in [-0.2, -0.15) is 23.3 Å². The number of benzene rings is 2. The molecule has 28 heavy (non-hydrogen) atoms. The number of carbonyl (C=O) groups is 1. The summed E-state index contributed by atoms with van der Waals surface area (Å²) in [6.07, 6.45) is -4.90. The van der Waals surface area contributed by atoms with Crippen LogP contribution in [0, 0.1) is 0 Å². The van der Waals surface area contributed by atoms with Crippen molar-refractivity contribution in [1.82, 2.24) is 5.01 Å². The number of amides is 1. The number of aryl methyl sites for hydroxylation is 1. The molecule has 3 rings (SSSR count). The van der Waals surface area contributed by atoms with Crippen LogP contribution in [0.1, 0.15) is 34.8 Å². The molecular weight excluding hydrogens is 373 g/mol. The fourth-order valence-electron chi connectivity index (χ4n) is 3.08. The molecule has 1 N–H and O–H groups in total. The normalized spacial score (nSPS) is 19.5. The molecule has 0 saturated carbocycles. The van der Waals surface area contributed by atoms with Crippen molar-refractivity contribution in [2.45, 2.75) is 31.7 Å². The molecule has 1 amide bonds. The number of aliphatic hydroxyl groups is 1. The Morgan fingerprint density at radius 1 is 1.21 bits per heavy atom. The second kappa shape index (κ2) is 7.27. The van der Waals surface area contributed by atoms with E-state index in [1.54, 1.807) is 24.3 Å². The second-order valence-electron chi connectivity index (χ2n) is 6.41. The van der Waals surface area contributed by atoms with E-state index in [1.807, 2.05) is 6.92 Å². The zero-order chi connectivity index (χ0) is 20.5. The van der Waals surface area contributed by atoms with Crippen LogP contribution in [-0.4, -0.2) is 35.0 Å². The molecule has 0 spiro atoms. The van der Waals surface area contributed by atoms with Gasteiger partial charge in [0.05, 0.1) is 19.1 Å². The van der Waals surface area contributed by atoms with Crippen molar-refractivity contribution in [3.63, 3.8) is 0 Å². The number of ether oxygens (including phenoxy) is 1. The van der Waals surface area contributed by atoms with Gasteiger partial charge in [0, 0.05) is 5.56 Å². The van der Waals surface area contributed by atoms with Crippen LogP contribution in [0.25, 0.3) is 0 Å². The van der Waals surface area contributed by atoms with Crippen LogP contribution in [0.2, 0.25) is 0 Å². The zero-order valence-corrected chi connectivity index (χ0v) is 15.3. The third-order valence-corrected chi connectivity index (χ3v) is 4.67. The number of hydrogen-bond donors (Lipinski definition) is 1. The van der Waals surface area contributed by atoms with Crippen molar-refractivity contribution >= 4 is 11.6 Å². The van der Waals surface area contributed by atoms with E-state index in [0.29, 0.717) is 5.01 Å². The topological polar surface area (TPSA) is 62.1 Å². The summed E-state index contributed by atoms with van der Waals surface area (Å²) in [5, 5.41) is 15.1. The van der Waals surface area contributed by atoms with Gasteiger partial charge in [-0.1, -0.05) is 43.3 Å². The number of hydrazone groups is 1. The van der Waals surface area contributed by atoms with Crippen molar-refractivity contribution in [3.05, 3.63) is 65.2 Å². The highest BCUT2D eigenvalue weighted by atomic mass is 19.4. The number of halogens is 3. The highest BCUT2D eigenvalue weighted by molar-refractivity contribution is 6.01. The molecule has 1 unspecified atom stereocenters. The Kier molecular flexibility index (Phi) is 5.16. The first-order valence-electron chi connectivity index (χ1n) is 8.64. The van der Waals surface area contributed by atoms with Crippen LogP contribution < -0.4 is 4.74 Å². The van der Waals surface area contributed by atoms with E-state index < -0.39 is 29.9 Å². The molecule has 0 aliphatic carbocycles. The first-order valence-corrected chi connectivity index (χ1v) is 8.64. The van der Waals surface area contributed by atoms with Crippen LogP contribution in [-0.2, 0) is 12.1 Å². The average molecular weight is 392 g/mol. The van der Waals surface area contributed by atoms with Gasteiger partial charge in [0.2, 0.25) is 0 Å². The Morgan fingerprint density at radius 3 is 2.43 bits per heavy atom. The maximum absolute atomic E-state index is 13.3. The number of rotatable bonds is 4. The predicted octanol–water partition coefficient (Wildman–Crippen LogP) is 3.87. The third kappa shape index (κ3) is 3.47. The van der Waals surface area contributed by atoms with Crippen molar-refractivity contribution in [3.8, 4) is 5.75 Å². The molecule has 0 radical (unpaired) electrons. The number of para-hydroxylation sites is 1. The van der Waals surface area contributed by atoms with Crippen molar-refractivity contribution in [1.29, 1.82) is 0 Å². The lowest BCUT2D eigenvalue weighted by molar-refractivity contribution is -0.0816. The molecule has 148 valence electrons. The van der Waals surface area contributed by atoms with E-state index in [4.69, 9.17) is 4.74 Å². The summed E-state index contributed by atoms with van der Waals surface area (Å²) in [7, 11) is 1.34. The summed E-state index contributed by atoms with van der Waals surface area (Å²) >= 11 is 0. The molecular formula is C20H19F3N2O3. The molecule has 0 fully saturated rings. The maximum Gasteiger partial charge on any atom is 0.431 e. The van der Waals surface area contributed by atoms with Gasteiger partial charge in [0.25, 0.3) is 5.91 Å². The van der Waals surface area contributed by atoms with E-state index in [-0.39, 0.29) is 16.9 Å². The molecule has 5 nitrogen and oxygen atoms in total. The minimum Gasteiger partial charge on any atom is -0.496 e. The lowest BCUT2D eigenvalue weighted by Gasteiger charge is -2.32. The second-order valence-corrected chi connectivity index (χ2v) is 6.41. The average Bonchev–Trinajstić information content (AvgIpc) is 3.06. The van der Waals surface area contributed by atoms with Gasteiger partial charge in [-0.05, 0) is 24.1 Å². The summed E-state index contributed by atoms with van der Waals surface area (Å²) in [5.41, 5.74) is -2.38. The van der Waals surface area contributed by atoms with Gasteiger partial charge in [0.1, 0.15) is 11.5 Å². The lowest BCUT2D eigenvalue weighted by atomic mass is 9.95. The largest absolute Gasteiger partial charge is 0.496 e. The van der Waals surface area contributed by atoms with Crippen LogP contribution >= 0.6 is 0 Å². The van der Waals surface area contributed by atoms with Crippen molar-refractivity contribution < 1.29 is 27.8 Å². The van der Waals surface area contributed by atoms with Crippen LogP contribution in [0.5, 0.6) is 5.75 Å². The molecule has 8 heteroatoms. The quantitative estimate of drug-likeness (QED) is 0.859. The smallest absolute Gasteiger partial charge is 0.431 e. The highest BCUT2D eigenvalue weighted by Crippen LogP contribution is 2.41. The number of nitrogens with zero attached hydrogens (tertiary/aromatic N) is 2. The number of methoxy groups -OCH3 is 1. The SMILES string of the molecule is CCc1ccc(C2(O)CC(C(F)(F)F)=NN2C(=O)c2ccccc2OC)cc1. The summed E-state index contributed by atoms with van der Waals surface area (Å²) in [4.78, 5) is 13.0. The Morgan fingerprint density at radius 2 is 1.86 bits per heavy atom.